The van der Waals surface area contributed by atoms with Crippen LogP contribution < -0.4 is 0 Å². The van der Waals surface area contributed by atoms with Crippen molar-refractivity contribution in [1.82, 2.24) is 9.80 Å². The van der Waals surface area contributed by atoms with E-state index in [1.807, 2.05) is 40.3 Å². The molecule has 2 aliphatic heterocycles. The summed E-state index contributed by atoms with van der Waals surface area (Å²) in [4.78, 5) is 31.0. The average molecular weight is 377 g/mol. The first-order valence-electron chi connectivity index (χ1n) is 9.32. The van der Waals surface area contributed by atoms with Crippen molar-refractivity contribution in [2.24, 2.45) is 5.41 Å². The number of carbonyl (C=O) groups is 2. The van der Waals surface area contributed by atoms with Gasteiger partial charge >= 0.3 is 0 Å². The number of methoxy groups -OCH3 is 1. The van der Waals surface area contributed by atoms with Crippen molar-refractivity contribution in [1.29, 1.82) is 0 Å². The van der Waals surface area contributed by atoms with Crippen LogP contribution in [0.1, 0.15) is 36.0 Å². The number of hydrogen-bond acceptors (Lipinski definition) is 4. The van der Waals surface area contributed by atoms with E-state index in [1.165, 1.54) is 0 Å². The van der Waals surface area contributed by atoms with E-state index in [0.717, 1.165) is 49.2 Å². The minimum absolute atomic E-state index is 0.0520. The van der Waals surface area contributed by atoms with Gasteiger partial charge in [-0.2, -0.15) is 0 Å². The molecule has 142 valence electrons. The molecule has 1 aromatic rings. The average Bonchev–Trinajstić information content (AvgIpc) is 3.10. The number of thioether (sulfide) groups is 1. The van der Waals surface area contributed by atoms with Crippen molar-refractivity contribution in [3.63, 3.8) is 0 Å². The van der Waals surface area contributed by atoms with Crippen LogP contribution in [0.4, 0.5) is 0 Å². The Morgan fingerprint density at radius 3 is 2.85 bits per heavy atom. The van der Waals surface area contributed by atoms with Gasteiger partial charge in [-0.3, -0.25) is 9.59 Å². The summed E-state index contributed by atoms with van der Waals surface area (Å²) < 4.78 is 5.11. The highest BCUT2D eigenvalue weighted by atomic mass is 32.2. The molecule has 1 unspecified atom stereocenters. The molecule has 0 saturated carbocycles. The number of carbonyl (C=O) groups excluding carboxylic acids is 2. The number of ether oxygens (including phenoxy) is 1. The molecule has 0 bridgehead atoms. The van der Waals surface area contributed by atoms with Gasteiger partial charge in [0.05, 0.1) is 11.0 Å². The van der Waals surface area contributed by atoms with Crippen LogP contribution >= 0.6 is 11.8 Å². The van der Waals surface area contributed by atoms with E-state index in [0.29, 0.717) is 19.7 Å². The molecule has 1 spiro atoms. The van der Waals surface area contributed by atoms with Crippen molar-refractivity contribution >= 4 is 23.6 Å². The van der Waals surface area contributed by atoms with Gasteiger partial charge in [0.1, 0.15) is 0 Å². The predicted molar refractivity (Wildman–Crippen MR) is 103 cm³/mol. The van der Waals surface area contributed by atoms with E-state index in [9.17, 15) is 9.59 Å². The molecular weight excluding hydrogens is 348 g/mol. The van der Waals surface area contributed by atoms with Crippen LogP contribution in [0.15, 0.2) is 29.2 Å². The summed E-state index contributed by atoms with van der Waals surface area (Å²) in [7, 11) is 1.69. The van der Waals surface area contributed by atoms with Gasteiger partial charge in [0.2, 0.25) is 5.91 Å². The number of rotatable bonds is 6. The first-order chi connectivity index (χ1) is 12.6. The zero-order valence-electron chi connectivity index (χ0n) is 15.7. The molecule has 0 radical (unpaired) electrons. The second-order valence-electron chi connectivity index (χ2n) is 7.20. The van der Waals surface area contributed by atoms with Crippen molar-refractivity contribution < 1.29 is 14.3 Å². The van der Waals surface area contributed by atoms with Crippen LogP contribution in [-0.2, 0) is 9.53 Å². The Kier molecular flexibility index (Phi) is 6.24. The van der Waals surface area contributed by atoms with E-state index < -0.39 is 0 Å². The Morgan fingerprint density at radius 2 is 2.08 bits per heavy atom. The molecular formula is C20H28N2O3S. The molecule has 2 amide bonds. The fraction of sp³-hybridized carbons (Fsp3) is 0.600. The molecule has 2 saturated heterocycles. The molecule has 6 heteroatoms. The van der Waals surface area contributed by atoms with Gasteiger partial charge in [0.15, 0.2) is 0 Å². The SMILES string of the molecule is COCCCN1CCCC2(CCN(C(=O)c3ccccc3SC)C2)C1=O. The highest BCUT2D eigenvalue weighted by Crippen LogP contribution is 2.40. The topological polar surface area (TPSA) is 49.9 Å². The van der Waals surface area contributed by atoms with Crippen molar-refractivity contribution in [2.45, 2.75) is 30.6 Å². The summed E-state index contributed by atoms with van der Waals surface area (Å²) >= 11 is 1.59. The molecule has 0 aliphatic carbocycles. The number of likely N-dealkylation sites (tertiary alicyclic amines) is 2. The maximum Gasteiger partial charge on any atom is 0.255 e. The van der Waals surface area contributed by atoms with Gasteiger partial charge in [-0.1, -0.05) is 12.1 Å². The van der Waals surface area contributed by atoms with Gasteiger partial charge in [-0.15, -0.1) is 11.8 Å². The number of hydrogen-bond donors (Lipinski definition) is 0. The smallest absolute Gasteiger partial charge is 0.255 e. The van der Waals surface area contributed by atoms with Crippen molar-refractivity contribution in [2.75, 3.05) is 46.2 Å². The third-order valence-electron chi connectivity index (χ3n) is 5.58. The second-order valence-corrected chi connectivity index (χ2v) is 8.05. The zero-order chi connectivity index (χ0) is 18.6. The van der Waals surface area contributed by atoms with Gasteiger partial charge in [-0.25, -0.2) is 0 Å². The van der Waals surface area contributed by atoms with Crippen LogP contribution in [0, 0.1) is 5.41 Å². The predicted octanol–water partition coefficient (Wildman–Crippen LogP) is 2.90. The summed E-state index contributed by atoms with van der Waals surface area (Å²) in [5, 5.41) is 0. The molecule has 5 nitrogen and oxygen atoms in total. The van der Waals surface area contributed by atoms with Crippen LogP contribution in [0.5, 0.6) is 0 Å². The zero-order valence-corrected chi connectivity index (χ0v) is 16.5. The number of nitrogens with zero attached hydrogens (tertiary/aromatic N) is 2. The van der Waals surface area contributed by atoms with Crippen molar-refractivity contribution in [3.05, 3.63) is 29.8 Å². The molecule has 2 fully saturated rings. The molecule has 2 heterocycles. The first-order valence-corrected chi connectivity index (χ1v) is 10.5. The second kappa shape index (κ2) is 8.44. The fourth-order valence-electron chi connectivity index (χ4n) is 4.18. The maximum absolute atomic E-state index is 13.1. The van der Waals surface area contributed by atoms with Gasteiger partial charge in [0.25, 0.3) is 5.91 Å². The van der Waals surface area contributed by atoms with Crippen LogP contribution in [0.25, 0.3) is 0 Å². The summed E-state index contributed by atoms with van der Waals surface area (Å²) in [5.74, 6) is 0.282. The Morgan fingerprint density at radius 1 is 1.27 bits per heavy atom. The Bertz CT molecular complexity index is 666. The normalized spacial score (nSPS) is 23.1. The third kappa shape index (κ3) is 3.76. The first kappa shape index (κ1) is 19.2. The summed E-state index contributed by atoms with van der Waals surface area (Å²) in [5.41, 5.74) is 0.368. The molecule has 1 aromatic carbocycles. The Balaban J connectivity index is 1.70. The third-order valence-corrected chi connectivity index (χ3v) is 6.37. The molecule has 0 N–H and O–H groups in total. The Hall–Kier alpha value is -1.53. The van der Waals surface area contributed by atoms with E-state index in [2.05, 4.69) is 0 Å². The minimum Gasteiger partial charge on any atom is -0.385 e. The van der Waals surface area contributed by atoms with Gasteiger partial charge < -0.3 is 14.5 Å². The lowest BCUT2D eigenvalue weighted by Crippen LogP contribution is -2.50. The van der Waals surface area contributed by atoms with Crippen LogP contribution in [-0.4, -0.2) is 67.8 Å². The molecule has 26 heavy (non-hydrogen) atoms. The lowest BCUT2D eigenvalue weighted by Gasteiger charge is -2.39. The fourth-order valence-corrected chi connectivity index (χ4v) is 4.77. The van der Waals surface area contributed by atoms with E-state index in [1.54, 1.807) is 18.9 Å². The summed E-state index contributed by atoms with van der Waals surface area (Å²) in [6, 6.07) is 7.73. The van der Waals surface area contributed by atoms with Crippen LogP contribution in [0.3, 0.4) is 0 Å². The minimum atomic E-state index is -0.380. The molecule has 2 aliphatic rings. The number of amides is 2. The highest BCUT2D eigenvalue weighted by molar-refractivity contribution is 7.98. The molecule has 0 aromatic heterocycles. The Labute approximate surface area is 160 Å². The molecule has 3 rings (SSSR count). The van der Waals surface area contributed by atoms with Crippen molar-refractivity contribution in [3.8, 4) is 0 Å². The van der Waals surface area contributed by atoms with E-state index in [-0.39, 0.29) is 17.2 Å². The van der Waals surface area contributed by atoms with Gasteiger partial charge in [0, 0.05) is 44.8 Å². The standard InChI is InChI=1S/C20H28N2O3S/c1-25-14-6-12-21-11-5-9-20(19(21)24)10-13-22(15-20)18(23)16-7-3-4-8-17(16)26-2/h3-4,7-8H,5-6,9-15H2,1-2H3. The summed E-state index contributed by atoms with van der Waals surface area (Å²) in [6.07, 6.45) is 5.53. The summed E-state index contributed by atoms with van der Waals surface area (Å²) in [6.45, 7) is 3.46. The number of piperidine rings is 1. The monoisotopic (exact) mass is 376 g/mol. The highest BCUT2D eigenvalue weighted by Gasteiger charge is 2.49. The largest absolute Gasteiger partial charge is 0.385 e. The quantitative estimate of drug-likeness (QED) is 0.566. The van der Waals surface area contributed by atoms with E-state index in [4.69, 9.17) is 4.74 Å². The lowest BCUT2D eigenvalue weighted by atomic mass is 9.78. The molecule has 1 atom stereocenters. The lowest BCUT2D eigenvalue weighted by molar-refractivity contribution is -0.145. The van der Waals surface area contributed by atoms with Gasteiger partial charge in [-0.05, 0) is 44.1 Å². The van der Waals surface area contributed by atoms with E-state index >= 15 is 0 Å². The van der Waals surface area contributed by atoms with Crippen LogP contribution in [0.2, 0.25) is 0 Å². The maximum atomic E-state index is 13.1. The number of benzene rings is 1.